The summed E-state index contributed by atoms with van der Waals surface area (Å²) in [6.45, 7) is 5.61. The number of amides is 1. The van der Waals surface area contributed by atoms with Crippen molar-refractivity contribution in [1.29, 1.82) is 0 Å². The Hall–Kier alpha value is -2.88. The third-order valence-electron chi connectivity index (χ3n) is 6.72. The van der Waals surface area contributed by atoms with Crippen LogP contribution in [0.15, 0.2) is 60.0 Å². The van der Waals surface area contributed by atoms with Gasteiger partial charge < -0.3 is 19.1 Å². The SMILES string of the molecule is CN1CCN(Cc2ccc3c(c2)CN(C(=O)CSc2nncn2C)CCO3)[C@@H](c2ccccc2)C1. The molecule has 1 atom stereocenters. The van der Waals surface area contributed by atoms with Gasteiger partial charge in [-0.1, -0.05) is 48.2 Å². The normalized spacial score (nSPS) is 19.1. The van der Waals surface area contributed by atoms with Gasteiger partial charge in [-0.15, -0.1) is 10.2 Å². The Morgan fingerprint density at radius 3 is 2.77 bits per heavy atom. The second-order valence-corrected chi connectivity index (χ2v) is 10.2. The molecule has 3 aromatic rings. The number of thioether (sulfide) groups is 1. The van der Waals surface area contributed by atoms with Crippen molar-refractivity contribution in [3.63, 3.8) is 0 Å². The van der Waals surface area contributed by atoms with Gasteiger partial charge in [-0.3, -0.25) is 9.69 Å². The Morgan fingerprint density at radius 2 is 1.97 bits per heavy atom. The van der Waals surface area contributed by atoms with Gasteiger partial charge in [0.05, 0.1) is 12.3 Å². The number of fused-ring (bicyclic) bond motifs is 1. The van der Waals surface area contributed by atoms with E-state index in [1.807, 2.05) is 16.5 Å². The van der Waals surface area contributed by atoms with E-state index in [4.69, 9.17) is 4.74 Å². The third-order valence-corrected chi connectivity index (χ3v) is 7.74. The number of nitrogens with zero attached hydrogens (tertiary/aromatic N) is 6. The van der Waals surface area contributed by atoms with Crippen LogP contribution < -0.4 is 4.74 Å². The molecule has 0 saturated carbocycles. The van der Waals surface area contributed by atoms with Crippen LogP contribution in [0.25, 0.3) is 0 Å². The van der Waals surface area contributed by atoms with E-state index in [9.17, 15) is 4.79 Å². The monoisotopic (exact) mass is 492 g/mol. The summed E-state index contributed by atoms with van der Waals surface area (Å²) in [6, 6.07) is 17.6. The summed E-state index contributed by atoms with van der Waals surface area (Å²) in [7, 11) is 4.08. The molecular formula is C26H32N6O2S. The number of aromatic nitrogens is 3. The summed E-state index contributed by atoms with van der Waals surface area (Å²) in [5.41, 5.74) is 3.68. The summed E-state index contributed by atoms with van der Waals surface area (Å²) >= 11 is 1.41. The molecule has 0 N–H and O–H groups in total. The van der Waals surface area contributed by atoms with Crippen LogP contribution in [0.5, 0.6) is 5.75 Å². The van der Waals surface area contributed by atoms with E-state index in [1.54, 1.807) is 6.33 Å². The Labute approximate surface area is 210 Å². The first-order chi connectivity index (χ1) is 17.1. The lowest BCUT2D eigenvalue weighted by atomic mass is 10.0. The molecule has 2 aromatic carbocycles. The van der Waals surface area contributed by atoms with Gasteiger partial charge in [0.2, 0.25) is 5.91 Å². The molecule has 5 rings (SSSR count). The second kappa shape index (κ2) is 10.8. The summed E-state index contributed by atoms with van der Waals surface area (Å²) < 4.78 is 7.83. The maximum Gasteiger partial charge on any atom is 0.233 e. The number of benzene rings is 2. The molecule has 2 aliphatic heterocycles. The third kappa shape index (κ3) is 5.69. The van der Waals surface area contributed by atoms with Crippen molar-refractivity contribution in [3.05, 3.63) is 71.5 Å². The molecule has 184 valence electrons. The van der Waals surface area contributed by atoms with Gasteiger partial charge in [-0.25, -0.2) is 0 Å². The van der Waals surface area contributed by atoms with Gasteiger partial charge >= 0.3 is 0 Å². The largest absolute Gasteiger partial charge is 0.491 e. The topological polar surface area (TPSA) is 66.7 Å². The zero-order valence-electron chi connectivity index (χ0n) is 20.3. The van der Waals surface area contributed by atoms with E-state index in [0.29, 0.717) is 31.5 Å². The maximum atomic E-state index is 13.0. The summed E-state index contributed by atoms with van der Waals surface area (Å²) in [5, 5.41) is 8.69. The summed E-state index contributed by atoms with van der Waals surface area (Å²) in [6.07, 6.45) is 1.65. The Bertz CT molecular complexity index is 1150. The van der Waals surface area contributed by atoms with Crippen LogP contribution in [0.2, 0.25) is 0 Å². The minimum Gasteiger partial charge on any atom is -0.491 e. The molecular weight excluding hydrogens is 460 g/mol. The molecule has 1 aromatic heterocycles. The highest BCUT2D eigenvalue weighted by atomic mass is 32.2. The minimum absolute atomic E-state index is 0.0862. The van der Waals surface area contributed by atoms with E-state index >= 15 is 0 Å². The number of likely N-dealkylation sites (N-methyl/N-ethyl adjacent to an activating group) is 1. The average Bonchev–Trinajstić information content (AvgIpc) is 3.16. The highest BCUT2D eigenvalue weighted by Crippen LogP contribution is 2.29. The van der Waals surface area contributed by atoms with Crippen LogP contribution in [0.1, 0.15) is 22.7 Å². The molecule has 0 aliphatic carbocycles. The molecule has 0 bridgehead atoms. The van der Waals surface area contributed by atoms with Crippen molar-refractivity contribution in [1.82, 2.24) is 29.5 Å². The molecule has 1 saturated heterocycles. The highest BCUT2D eigenvalue weighted by Gasteiger charge is 2.27. The zero-order chi connectivity index (χ0) is 24.2. The number of rotatable bonds is 6. The number of ether oxygens (including phenoxy) is 1. The first-order valence-electron chi connectivity index (χ1n) is 12.0. The number of hydrogen-bond donors (Lipinski definition) is 0. The molecule has 1 amide bonds. The van der Waals surface area contributed by atoms with Crippen LogP contribution in [-0.4, -0.2) is 81.0 Å². The number of piperazine rings is 1. The van der Waals surface area contributed by atoms with Crippen molar-refractivity contribution in [3.8, 4) is 5.75 Å². The van der Waals surface area contributed by atoms with Gasteiger partial charge in [0.15, 0.2) is 5.16 Å². The van der Waals surface area contributed by atoms with Gasteiger partial charge in [0.1, 0.15) is 18.7 Å². The van der Waals surface area contributed by atoms with Crippen LogP contribution in [0.4, 0.5) is 0 Å². The molecule has 0 spiro atoms. The first-order valence-corrected chi connectivity index (χ1v) is 13.0. The molecule has 2 aliphatic rings. The molecule has 3 heterocycles. The van der Waals surface area contributed by atoms with Crippen molar-refractivity contribution >= 4 is 17.7 Å². The van der Waals surface area contributed by atoms with Gasteiger partial charge in [0.25, 0.3) is 0 Å². The average molecular weight is 493 g/mol. The predicted octanol–water partition coefficient (Wildman–Crippen LogP) is 2.82. The minimum atomic E-state index is 0.0862. The highest BCUT2D eigenvalue weighted by molar-refractivity contribution is 7.99. The Morgan fingerprint density at radius 1 is 1.11 bits per heavy atom. The van der Waals surface area contributed by atoms with Crippen LogP contribution in [0.3, 0.4) is 0 Å². The van der Waals surface area contributed by atoms with Crippen LogP contribution in [0, 0.1) is 0 Å². The molecule has 1 fully saturated rings. The molecule has 8 nitrogen and oxygen atoms in total. The number of carbonyl (C=O) groups excluding carboxylic acids is 1. The smallest absolute Gasteiger partial charge is 0.233 e. The van der Waals surface area contributed by atoms with E-state index in [0.717, 1.165) is 42.6 Å². The molecule has 35 heavy (non-hydrogen) atoms. The standard InChI is InChI=1S/C26H32N6O2S/c1-29-10-11-31(23(17-29)21-6-4-3-5-7-21)15-20-8-9-24-22(14-20)16-32(12-13-34-24)25(33)18-35-26-28-27-19-30(26)2/h3-9,14,19,23H,10-13,15-18H2,1-2H3/t23-/m1/s1. The predicted molar refractivity (Wildman–Crippen MR) is 136 cm³/mol. The lowest BCUT2D eigenvalue weighted by Gasteiger charge is -2.40. The van der Waals surface area contributed by atoms with E-state index < -0.39 is 0 Å². The number of hydrogen-bond acceptors (Lipinski definition) is 7. The summed E-state index contributed by atoms with van der Waals surface area (Å²) in [5.74, 6) is 1.30. The van der Waals surface area contributed by atoms with E-state index in [2.05, 4.69) is 75.6 Å². The van der Waals surface area contributed by atoms with Crippen molar-refractivity contribution in [2.75, 3.05) is 45.6 Å². The van der Waals surface area contributed by atoms with Crippen LogP contribution >= 0.6 is 11.8 Å². The van der Waals surface area contributed by atoms with Crippen LogP contribution in [-0.2, 0) is 24.9 Å². The lowest BCUT2D eigenvalue weighted by molar-refractivity contribution is -0.129. The second-order valence-electron chi connectivity index (χ2n) is 9.28. The van der Waals surface area contributed by atoms with Gasteiger partial charge in [-0.2, -0.15) is 0 Å². The molecule has 9 heteroatoms. The van der Waals surface area contributed by atoms with Gasteiger partial charge in [0, 0.05) is 51.4 Å². The fourth-order valence-electron chi connectivity index (χ4n) is 4.75. The van der Waals surface area contributed by atoms with E-state index in [1.165, 1.54) is 22.9 Å². The number of carbonyl (C=O) groups is 1. The van der Waals surface area contributed by atoms with Gasteiger partial charge in [-0.05, 0) is 30.3 Å². The zero-order valence-corrected chi connectivity index (χ0v) is 21.2. The van der Waals surface area contributed by atoms with E-state index in [-0.39, 0.29) is 5.91 Å². The van der Waals surface area contributed by atoms with Crippen molar-refractivity contribution in [2.45, 2.75) is 24.3 Å². The fraction of sp³-hybridized carbons (Fsp3) is 0.423. The molecule has 0 radical (unpaired) electrons. The Balaban J connectivity index is 1.28. The Kier molecular flexibility index (Phi) is 7.36. The van der Waals surface area contributed by atoms with Crippen molar-refractivity contribution < 1.29 is 9.53 Å². The summed E-state index contributed by atoms with van der Waals surface area (Å²) in [4.78, 5) is 19.8. The lowest BCUT2D eigenvalue weighted by Crippen LogP contribution is -2.46. The fourth-order valence-corrected chi connectivity index (χ4v) is 5.54. The number of aryl methyl sites for hydroxylation is 1. The molecule has 0 unspecified atom stereocenters. The van der Waals surface area contributed by atoms with Crippen molar-refractivity contribution in [2.24, 2.45) is 7.05 Å². The maximum absolute atomic E-state index is 13.0. The quantitative estimate of drug-likeness (QED) is 0.490. The first kappa shape index (κ1) is 23.8.